The summed E-state index contributed by atoms with van der Waals surface area (Å²) in [4.78, 5) is 44.9. The zero-order chi connectivity index (χ0) is 32.6. The second kappa shape index (κ2) is 15.0. The van der Waals surface area contributed by atoms with Gasteiger partial charge in [-0.25, -0.2) is 4.79 Å². The van der Waals surface area contributed by atoms with Crippen molar-refractivity contribution in [1.82, 2.24) is 25.8 Å². The fraction of sp³-hybridized carbons (Fsp3) is 0.400. The largest absolute Gasteiger partial charge is 0.535 e. The van der Waals surface area contributed by atoms with Gasteiger partial charge in [0.2, 0.25) is 5.91 Å². The Bertz CT molecular complexity index is 1700. The third-order valence-corrected chi connectivity index (χ3v) is 8.13. The molecular weight excluding hydrogens is 584 g/mol. The van der Waals surface area contributed by atoms with Gasteiger partial charge in [-0.15, -0.1) is 5.10 Å². The van der Waals surface area contributed by atoms with Crippen molar-refractivity contribution < 1.29 is 24.0 Å². The van der Waals surface area contributed by atoms with E-state index in [2.05, 4.69) is 40.9 Å². The Kier molecular flexibility index (Phi) is 10.6. The molecule has 0 saturated heterocycles. The van der Waals surface area contributed by atoms with Gasteiger partial charge in [0.25, 0.3) is 5.91 Å². The molecule has 5 rings (SSSR count). The number of fused-ring (bicyclic) bond motifs is 4. The van der Waals surface area contributed by atoms with Crippen molar-refractivity contribution in [1.29, 1.82) is 0 Å². The molecule has 4 N–H and O–H groups in total. The third kappa shape index (κ3) is 7.89. The summed E-state index contributed by atoms with van der Waals surface area (Å²) < 4.78 is 5.64. The second-order valence-electron chi connectivity index (χ2n) is 12.3. The SMILES string of the molecule is CC(C)CCNC(=O)CCCc1ccc2c(c1)C(COC(=O)On1nnc3ccccc31)c1cccc(C(=O)NCCC(C)N)c1-2. The molecule has 4 aromatic rings. The van der Waals surface area contributed by atoms with Crippen LogP contribution in [0.3, 0.4) is 0 Å². The van der Waals surface area contributed by atoms with Crippen LogP contribution in [0.5, 0.6) is 0 Å². The summed E-state index contributed by atoms with van der Waals surface area (Å²) in [5.74, 6) is 0.0772. The smallest absolute Gasteiger partial charge is 0.432 e. The quantitative estimate of drug-likeness (QED) is 0.134. The second-order valence-corrected chi connectivity index (χ2v) is 12.3. The first-order valence-corrected chi connectivity index (χ1v) is 15.9. The zero-order valence-electron chi connectivity index (χ0n) is 26.6. The molecule has 1 aliphatic carbocycles. The predicted octanol–water partition coefficient (Wildman–Crippen LogP) is 4.76. The van der Waals surface area contributed by atoms with E-state index in [1.807, 2.05) is 43.3 Å². The Labute approximate surface area is 268 Å². The molecule has 0 fully saturated rings. The Morgan fingerprint density at radius 1 is 0.957 bits per heavy atom. The highest BCUT2D eigenvalue weighted by molar-refractivity contribution is 6.03. The molecule has 1 aliphatic rings. The van der Waals surface area contributed by atoms with E-state index < -0.39 is 6.16 Å². The molecule has 11 heteroatoms. The first-order chi connectivity index (χ1) is 22.2. The van der Waals surface area contributed by atoms with Gasteiger partial charge < -0.3 is 21.1 Å². The molecule has 2 unspecified atom stereocenters. The van der Waals surface area contributed by atoms with Crippen molar-refractivity contribution >= 4 is 29.0 Å². The number of hydrogen-bond donors (Lipinski definition) is 3. The lowest BCUT2D eigenvalue weighted by atomic mass is 9.95. The van der Waals surface area contributed by atoms with E-state index in [0.29, 0.717) is 61.3 Å². The standard InChI is InChI=1S/C35H42N6O5/c1-22(2)16-18-37-32(42)13-6-8-24-14-15-26-28(20-24)29(21-45-35(44)46-41-31-12-5-4-11-30(31)39-40-41)25-9-7-10-27(33(25)26)34(43)38-19-17-23(3)36/h4-5,7,9-12,14-15,20,22-23,29H,6,8,13,16-19,21,36H2,1-3H3,(H,37,42)(H,38,43). The van der Waals surface area contributed by atoms with Crippen LogP contribution in [0, 0.1) is 5.92 Å². The van der Waals surface area contributed by atoms with Crippen LogP contribution in [-0.4, -0.2) is 58.9 Å². The van der Waals surface area contributed by atoms with Crippen LogP contribution in [0.15, 0.2) is 60.7 Å². The van der Waals surface area contributed by atoms with Crippen LogP contribution in [0.1, 0.15) is 79.4 Å². The number of amides is 2. The van der Waals surface area contributed by atoms with Gasteiger partial charge in [0.05, 0.1) is 0 Å². The van der Waals surface area contributed by atoms with Gasteiger partial charge in [-0.1, -0.05) is 61.2 Å². The number of nitrogens with one attached hydrogen (secondary N) is 2. The Morgan fingerprint density at radius 3 is 2.57 bits per heavy atom. The number of hydrogen-bond acceptors (Lipinski definition) is 8. The average Bonchev–Trinajstić information content (AvgIpc) is 3.57. The van der Waals surface area contributed by atoms with Crippen LogP contribution in [0.2, 0.25) is 0 Å². The van der Waals surface area contributed by atoms with Crippen molar-refractivity contribution in [3.05, 3.63) is 82.9 Å². The lowest BCUT2D eigenvalue weighted by Gasteiger charge is -2.15. The summed E-state index contributed by atoms with van der Waals surface area (Å²) in [5, 5.41) is 13.9. The first kappa shape index (κ1) is 32.6. The molecule has 11 nitrogen and oxygen atoms in total. The molecule has 0 bridgehead atoms. The lowest BCUT2D eigenvalue weighted by Crippen LogP contribution is -2.29. The maximum Gasteiger partial charge on any atom is 0.535 e. The fourth-order valence-corrected chi connectivity index (χ4v) is 5.69. The van der Waals surface area contributed by atoms with Gasteiger partial charge in [0.1, 0.15) is 17.6 Å². The molecule has 242 valence electrons. The molecular formula is C35H42N6O5. The topological polar surface area (TPSA) is 150 Å². The van der Waals surface area contributed by atoms with E-state index in [0.717, 1.165) is 39.1 Å². The van der Waals surface area contributed by atoms with E-state index in [9.17, 15) is 14.4 Å². The number of benzene rings is 3. The molecule has 46 heavy (non-hydrogen) atoms. The number of rotatable bonds is 14. The van der Waals surface area contributed by atoms with Gasteiger partial charge in [-0.05, 0) is 89.8 Å². The number of aryl methyl sites for hydroxylation is 1. The van der Waals surface area contributed by atoms with Gasteiger partial charge in [-0.3, -0.25) is 14.4 Å². The van der Waals surface area contributed by atoms with E-state index in [4.69, 9.17) is 15.3 Å². The highest BCUT2D eigenvalue weighted by Crippen LogP contribution is 2.47. The van der Waals surface area contributed by atoms with E-state index >= 15 is 0 Å². The highest BCUT2D eigenvalue weighted by Gasteiger charge is 2.33. The number of para-hydroxylation sites is 1. The number of nitrogens with two attached hydrogens (primary N) is 1. The van der Waals surface area contributed by atoms with Crippen molar-refractivity contribution in [2.45, 2.75) is 64.8 Å². The van der Waals surface area contributed by atoms with Crippen molar-refractivity contribution in [3.8, 4) is 11.1 Å². The van der Waals surface area contributed by atoms with E-state index in [1.54, 1.807) is 18.2 Å². The highest BCUT2D eigenvalue weighted by atomic mass is 16.8. The molecule has 3 aromatic carbocycles. The number of ether oxygens (including phenoxy) is 1. The average molecular weight is 627 g/mol. The first-order valence-electron chi connectivity index (χ1n) is 15.9. The predicted molar refractivity (Wildman–Crippen MR) is 175 cm³/mol. The molecule has 1 aromatic heterocycles. The number of nitrogens with zero attached hydrogens (tertiary/aromatic N) is 3. The summed E-state index contributed by atoms with van der Waals surface area (Å²) >= 11 is 0. The Hall–Kier alpha value is -4.77. The van der Waals surface area contributed by atoms with Crippen molar-refractivity contribution in [3.63, 3.8) is 0 Å². The van der Waals surface area contributed by atoms with Gasteiger partial charge in [0, 0.05) is 37.0 Å². The summed E-state index contributed by atoms with van der Waals surface area (Å²) in [6.07, 6.45) is 2.55. The third-order valence-electron chi connectivity index (χ3n) is 8.13. The summed E-state index contributed by atoms with van der Waals surface area (Å²) in [7, 11) is 0. The normalized spacial score (nSPS) is 14.1. The van der Waals surface area contributed by atoms with E-state index in [1.165, 1.54) is 0 Å². The minimum atomic E-state index is -0.921. The van der Waals surface area contributed by atoms with Crippen LogP contribution in [0.25, 0.3) is 22.2 Å². The monoisotopic (exact) mass is 626 g/mol. The minimum absolute atomic E-state index is 0.0110. The molecule has 0 spiro atoms. The maximum atomic E-state index is 13.3. The van der Waals surface area contributed by atoms with Crippen LogP contribution < -0.4 is 21.2 Å². The van der Waals surface area contributed by atoms with E-state index in [-0.39, 0.29) is 30.4 Å². The summed E-state index contributed by atoms with van der Waals surface area (Å²) in [5.41, 5.74) is 12.2. The van der Waals surface area contributed by atoms with Crippen LogP contribution >= 0.6 is 0 Å². The minimum Gasteiger partial charge on any atom is -0.432 e. The van der Waals surface area contributed by atoms with Crippen molar-refractivity contribution in [2.75, 3.05) is 19.7 Å². The fourth-order valence-electron chi connectivity index (χ4n) is 5.69. The number of aromatic nitrogens is 3. The molecule has 1 heterocycles. The van der Waals surface area contributed by atoms with Gasteiger partial charge >= 0.3 is 6.16 Å². The molecule has 0 radical (unpaired) electrons. The Balaban J connectivity index is 1.34. The summed E-state index contributed by atoms with van der Waals surface area (Å²) in [6, 6.07) is 18.9. The van der Waals surface area contributed by atoms with Crippen LogP contribution in [-0.2, 0) is 16.0 Å². The van der Waals surface area contributed by atoms with Gasteiger partial charge in [0.15, 0.2) is 0 Å². The zero-order valence-corrected chi connectivity index (χ0v) is 26.6. The molecule has 0 saturated carbocycles. The summed E-state index contributed by atoms with van der Waals surface area (Å²) in [6.45, 7) is 7.31. The number of carbonyl (C=O) groups is 3. The molecule has 0 aliphatic heterocycles. The van der Waals surface area contributed by atoms with Crippen LogP contribution in [0.4, 0.5) is 4.79 Å². The maximum absolute atomic E-state index is 13.3. The number of carbonyl (C=O) groups excluding carboxylic acids is 3. The molecule has 2 atom stereocenters. The lowest BCUT2D eigenvalue weighted by molar-refractivity contribution is -0.121. The van der Waals surface area contributed by atoms with Gasteiger partial charge in [-0.2, -0.15) is 0 Å². The molecule has 2 amide bonds. The van der Waals surface area contributed by atoms with Crippen molar-refractivity contribution in [2.24, 2.45) is 11.7 Å². The Morgan fingerprint density at radius 2 is 1.76 bits per heavy atom.